The van der Waals surface area contributed by atoms with Crippen molar-refractivity contribution in [1.82, 2.24) is 10.1 Å². The Hall–Kier alpha value is -1.68. The molecule has 14 heavy (non-hydrogen) atoms. The van der Waals surface area contributed by atoms with Gasteiger partial charge in [-0.2, -0.15) is 4.98 Å². The first-order valence-corrected chi connectivity index (χ1v) is 4.46. The summed E-state index contributed by atoms with van der Waals surface area (Å²) in [6.07, 6.45) is 2.28. The van der Waals surface area contributed by atoms with Gasteiger partial charge < -0.3 is 10.3 Å². The lowest BCUT2D eigenvalue weighted by atomic mass is 10.1. The Labute approximate surface area is 81.7 Å². The summed E-state index contributed by atoms with van der Waals surface area (Å²) in [7, 11) is 0. The predicted molar refractivity (Wildman–Crippen MR) is 52.5 cm³/mol. The molecule has 2 N–H and O–H groups in total. The van der Waals surface area contributed by atoms with Crippen LogP contribution in [0, 0.1) is 0 Å². The molecule has 0 atom stereocenters. The highest BCUT2D eigenvalue weighted by atomic mass is 16.5. The highest BCUT2D eigenvalue weighted by Gasteiger charge is 2.02. The fourth-order valence-corrected chi connectivity index (χ4v) is 1.28. The topological polar surface area (TPSA) is 64.9 Å². The van der Waals surface area contributed by atoms with Crippen LogP contribution in [0.15, 0.2) is 35.1 Å². The molecular formula is C10H11N3O. The maximum Gasteiger partial charge on any atom is 0.257 e. The van der Waals surface area contributed by atoms with Crippen molar-refractivity contribution in [1.29, 1.82) is 0 Å². The van der Waals surface area contributed by atoms with Crippen molar-refractivity contribution in [2.45, 2.75) is 6.42 Å². The lowest BCUT2D eigenvalue weighted by Crippen LogP contribution is -2.02. The van der Waals surface area contributed by atoms with Crippen LogP contribution < -0.4 is 5.73 Å². The highest BCUT2D eigenvalue weighted by molar-refractivity contribution is 5.52. The summed E-state index contributed by atoms with van der Waals surface area (Å²) in [5, 5.41) is 3.55. The SMILES string of the molecule is NCCc1ccc(-c2ncno2)cc1. The van der Waals surface area contributed by atoms with E-state index in [0.29, 0.717) is 12.4 Å². The number of rotatable bonds is 3. The summed E-state index contributed by atoms with van der Waals surface area (Å²) in [5.74, 6) is 0.546. The highest BCUT2D eigenvalue weighted by Crippen LogP contribution is 2.16. The molecule has 2 rings (SSSR count). The molecule has 0 saturated heterocycles. The largest absolute Gasteiger partial charge is 0.334 e. The first-order valence-electron chi connectivity index (χ1n) is 4.46. The van der Waals surface area contributed by atoms with E-state index in [9.17, 15) is 0 Å². The predicted octanol–water partition coefficient (Wildman–Crippen LogP) is 1.24. The van der Waals surface area contributed by atoms with E-state index in [0.717, 1.165) is 12.0 Å². The van der Waals surface area contributed by atoms with Crippen LogP contribution in [0.25, 0.3) is 11.5 Å². The molecule has 72 valence electrons. The van der Waals surface area contributed by atoms with Crippen LogP contribution in [0.3, 0.4) is 0 Å². The fourth-order valence-electron chi connectivity index (χ4n) is 1.28. The van der Waals surface area contributed by atoms with Crippen LogP contribution in [0.5, 0.6) is 0 Å². The van der Waals surface area contributed by atoms with Crippen molar-refractivity contribution in [2.24, 2.45) is 5.73 Å². The second-order valence-corrected chi connectivity index (χ2v) is 2.98. The summed E-state index contributed by atoms with van der Waals surface area (Å²) >= 11 is 0. The van der Waals surface area contributed by atoms with Crippen molar-refractivity contribution in [3.8, 4) is 11.5 Å². The molecule has 0 aliphatic rings. The molecule has 4 nitrogen and oxygen atoms in total. The Morgan fingerprint density at radius 3 is 2.57 bits per heavy atom. The van der Waals surface area contributed by atoms with Crippen LogP contribution in [0.2, 0.25) is 0 Å². The van der Waals surface area contributed by atoms with Crippen LogP contribution in [0.1, 0.15) is 5.56 Å². The lowest BCUT2D eigenvalue weighted by molar-refractivity contribution is 0.430. The zero-order valence-corrected chi connectivity index (χ0v) is 7.68. The molecule has 0 bridgehead atoms. The van der Waals surface area contributed by atoms with Gasteiger partial charge in [0.2, 0.25) is 0 Å². The van der Waals surface area contributed by atoms with E-state index in [1.165, 1.54) is 11.9 Å². The number of hydrogen-bond donors (Lipinski definition) is 1. The molecule has 0 spiro atoms. The Kier molecular flexibility index (Phi) is 2.55. The van der Waals surface area contributed by atoms with Gasteiger partial charge in [-0.05, 0) is 30.7 Å². The monoisotopic (exact) mass is 189 g/mol. The van der Waals surface area contributed by atoms with Gasteiger partial charge in [0.1, 0.15) is 0 Å². The third-order valence-corrected chi connectivity index (χ3v) is 2.00. The number of benzene rings is 1. The maximum absolute atomic E-state index is 5.45. The minimum atomic E-state index is 0.546. The summed E-state index contributed by atoms with van der Waals surface area (Å²) < 4.78 is 4.93. The van der Waals surface area contributed by atoms with Crippen LogP contribution in [-0.2, 0) is 6.42 Å². The van der Waals surface area contributed by atoms with Crippen LogP contribution >= 0.6 is 0 Å². The van der Waals surface area contributed by atoms with Gasteiger partial charge in [0.15, 0.2) is 6.33 Å². The Morgan fingerprint density at radius 2 is 2.00 bits per heavy atom. The van der Waals surface area contributed by atoms with E-state index >= 15 is 0 Å². The standard InChI is InChI=1S/C10H11N3O/c11-6-5-8-1-3-9(4-2-8)10-12-7-13-14-10/h1-4,7H,5-6,11H2. The summed E-state index contributed by atoms with van der Waals surface area (Å²) in [6, 6.07) is 7.95. The third kappa shape index (κ3) is 1.80. The van der Waals surface area contributed by atoms with Gasteiger partial charge in [-0.1, -0.05) is 17.3 Å². The minimum Gasteiger partial charge on any atom is -0.334 e. The van der Waals surface area contributed by atoms with Gasteiger partial charge in [-0.25, -0.2) is 0 Å². The zero-order valence-electron chi connectivity index (χ0n) is 7.68. The number of nitrogens with zero attached hydrogens (tertiary/aromatic N) is 2. The lowest BCUT2D eigenvalue weighted by Gasteiger charge is -1.98. The average molecular weight is 189 g/mol. The summed E-state index contributed by atoms with van der Waals surface area (Å²) in [4.78, 5) is 3.96. The number of aromatic nitrogens is 2. The third-order valence-electron chi connectivity index (χ3n) is 2.00. The summed E-state index contributed by atoms with van der Waals surface area (Å²) in [5.41, 5.74) is 7.60. The molecule has 1 aromatic heterocycles. The normalized spacial score (nSPS) is 10.4. The molecule has 0 aliphatic heterocycles. The van der Waals surface area contributed by atoms with Crippen LogP contribution in [0.4, 0.5) is 0 Å². The molecule has 0 unspecified atom stereocenters. The van der Waals surface area contributed by atoms with Crippen LogP contribution in [-0.4, -0.2) is 16.7 Å². The second-order valence-electron chi connectivity index (χ2n) is 2.98. The first kappa shape index (κ1) is 8.90. The van der Waals surface area contributed by atoms with Gasteiger partial charge in [0.05, 0.1) is 0 Å². The molecule has 2 aromatic rings. The second kappa shape index (κ2) is 4.02. The molecule has 0 amide bonds. The molecule has 1 aromatic carbocycles. The number of hydrogen-bond acceptors (Lipinski definition) is 4. The van der Waals surface area contributed by atoms with E-state index in [-0.39, 0.29) is 0 Å². The smallest absolute Gasteiger partial charge is 0.257 e. The van der Waals surface area contributed by atoms with Crippen molar-refractivity contribution >= 4 is 0 Å². The van der Waals surface area contributed by atoms with E-state index in [1.807, 2.05) is 24.3 Å². The van der Waals surface area contributed by atoms with Gasteiger partial charge in [0, 0.05) is 5.56 Å². The molecule has 0 radical (unpaired) electrons. The Balaban J connectivity index is 2.22. The average Bonchev–Trinajstić information content (AvgIpc) is 2.72. The zero-order chi connectivity index (χ0) is 9.80. The minimum absolute atomic E-state index is 0.546. The first-order chi connectivity index (χ1) is 6.90. The van der Waals surface area contributed by atoms with Crippen molar-refractivity contribution < 1.29 is 4.52 Å². The number of nitrogens with two attached hydrogens (primary N) is 1. The van der Waals surface area contributed by atoms with Gasteiger partial charge >= 0.3 is 0 Å². The van der Waals surface area contributed by atoms with Crippen molar-refractivity contribution in [3.63, 3.8) is 0 Å². The van der Waals surface area contributed by atoms with E-state index in [4.69, 9.17) is 10.3 Å². The molecule has 0 fully saturated rings. The maximum atomic E-state index is 5.45. The van der Waals surface area contributed by atoms with E-state index in [1.54, 1.807) is 0 Å². The summed E-state index contributed by atoms with van der Waals surface area (Å²) in [6.45, 7) is 0.667. The van der Waals surface area contributed by atoms with E-state index < -0.39 is 0 Å². The van der Waals surface area contributed by atoms with Gasteiger partial charge in [0.25, 0.3) is 5.89 Å². The van der Waals surface area contributed by atoms with Gasteiger partial charge in [-0.3, -0.25) is 0 Å². The quantitative estimate of drug-likeness (QED) is 0.788. The molecule has 0 aliphatic carbocycles. The molecule has 4 heteroatoms. The van der Waals surface area contributed by atoms with E-state index in [2.05, 4.69) is 10.1 Å². The van der Waals surface area contributed by atoms with Gasteiger partial charge in [-0.15, -0.1) is 0 Å². The van der Waals surface area contributed by atoms with Crippen molar-refractivity contribution in [3.05, 3.63) is 36.2 Å². The molecule has 1 heterocycles. The molecule has 0 saturated carbocycles. The Morgan fingerprint density at radius 1 is 1.21 bits per heavy atom. The fraction of sp³-hybridized carbons (Fsp3) is 0.200. The molecular weight excluding hydrogens is 178 g/mol. The van der Waals surface area contributed by atoms with Crippen molar-refractivity contribution in [2.75, 3.05) is 6.54 Å². The Bertz CT molecular complexity index is 380.